The quantitative estimate of drug-likeness (QED) is 0.789. The Morgan fingerprint density at radius 2 is 1.79 bits per heavy atom. The summed E-state index contributed by atoms with van der Waals surface area (Å²) in [5.41, 5.74) is 1.06. The van der Waals surface area contributed by atoms with Gasteiger partial charge >= 0.3 is 0 Å². The SMILES string of the molecule is Clc1ccnc(C2(c3ccccc3)CCOCC2)n1. The summed E-state index contributed by atoms with van der Waals surface area (Å²) in [6, 6.07) is 12.1. The molecule has 1 aliphatic rings. The molecule has 0 unspecified atom stereocenters. The van der Waals surface area contributed by atoms with Crippen LogP contribution in [0.2, 0.25) is 5.15 Å². The molecular weight excluding hydrogens is 260 g/mol. The number of hydrogen-bond acceptors (Lipinski definition) is 3. The van der Waals surface area contributed by atoms with Gasteiger partial charge in [0.05, 0.1) is 5.41 Å². The number of benzene rings is 1. The fraction of sp³-hybridized carbons (Fsp3) is 0.333. The molecule has 0 amide bonds. The van der Waals surface area contributed by atoms with Crippen LogP contribution in [0.15, 0.2) is 42.6 Å². The topological polar surface area (TPSA) is 35.0 Å². The Morgan fingerprint density at radius 3 is 2.47 bits per heavy atom. The molecule has 19 heavy (non-hydrogen) atoms. The van der Waals surface area contributed by atoms with Crippen molar-refractivity contribution in [3.05, 3.63) is 59.1 Å². The summed E-state index contributed by atoms with van der Waals surface area (Å²) in [5, 5.41) is 0.492. The van der Waals surface area contributed by atoms with Gasteiger partial charge in [-0.1, -0.05) is 41.9 Å². The molecule has 1 aromatic carbocycles. The summed E-state index contributed by atoms with van der Waals surface area (Å²) in [5.74, 6) is 0.800. The first-order valence-corrected chi connectivity index (χ1v) is 6.81. The van der Waals surface area contributed by atoms with E-state index in [1.165, 1.54) is 5.56 Å². The van der Waals surface area contributed by atoms with E-state index in [0.717, 1.165) is 31.9 Å². The van der Waals surface area contributed by atoms with E-state index in [2.05, 4.69) is 34.2 Å². The Kier molecular flexibility index (Phi) is 3.49. The minimum absolute atomic E-state index is 0.176. The van der Waals surface area contributed by atoms with Crippen LogP contribution in [0, 0.1) is 0 Å². The maximum Gasteiger partial charge on any atom is 0.140 e. The second-order valence-electron chi connectivity index (χ2n) is 4.76. The lowest BCUT2D eigenvalue weighted by atomic mass is 9.73. The van der Waals surface area contributed by atoms with Gasteiger partial charge in [0.15, 0.2) is 0 Å². The van der Waals surface area contributed by atoms with E-state index in [9.17, 15) is 0 Å². The van der Waals surface area contributed by atoms with Crippen LogP contribution in [0.25, 0.3) is 0 Å². The zero-order valence-corrected chi connectivity index (χ0v) is 11.3. The number of nitrogens with zero attached hydrogens (tertiary/aromatic N) is 2. The molecule has 2 aromatic rings. The second-order valence-corrected chi connectivity index (χ2v) is 5.15. The summed E-state index contributed by atoms with van der Waals surface area (Å²) in [7, 11) is 0. The van der Waals surface area contributed by atoms with E-state index < -0.39 is 0 Å². The molecule has 3 nitrogen and oxygen atoms in total. The van der Waals surface area contributed by atoms with Crippen molar-refractivity contribution in [1.29, 1.82) is 0 Å². The van der Waals surface area contributed by atoms with Gasteiger partial charge in [0.2, 0.25) is 0 Å². The molecule has 1 aliphatic heterocycles. The van der Waals surface area contributed by atoms with Crippen molar-refractivity contribution in [2.75, 3.05) is 13.2 Å². The van der Waals surface area contributed by atoms with Crippen molar-refractivity contribution in [2.45, 2.75) is 18.3 Å². The highest BCUT2D eigenvalue weighted by Crippen LogP contribution is 2.39. The molecule has 0 N–H and O–H groups in total. The lowest BCUT2D eigenvalue weighted by Crippen LogP contribution is -2.36. The van der Waals surface area contributed by atoms with E-state index in [4.69, 9.17) is 16.3 Å². The van der Waals surface area contributed by atoms with Gasteiger partial charge in [-0.15, -0.1) is 0 Å². The Morgan fingerprint density at radius 1 is 1.05 bits per heavy atom. The highest BCUT2D eigenvalue weighted by atomic mass is 35.5. The molecule has 1 saturated heterocycles. The third-order valence-electron chi connectivity index (χ3n) is 3.72. The van der Waals surface area contributed by atoms with Gasteiger partial charge < -0.3 is 4.74 Å². The number of hydrogen-bond donors (Lipinski definition) is 0. The minimum Gasteiger partial charge on any atom is -0.381 e. The molecule has 1 fully saturated rings. The average molecular weight is 275 g/mol. The van der Waals surface area contributed by atoms with E-state index in [0.29, 0.717) is 5.15 Å². The van der Waals surface area contributed by atoms with E-state index in [1.807, 2.05) is 6.07 Å². The van der Waals surface area contributed by atoms with Crippen LogP contribution in [0.1, 0.15) is 24.2 Å². The molecule has 0 saturated carbocycles. The maximum absolute atomic E-state index is 6.03. The molecule has 3 rings (SSSR count). The molecule has 4 heteroatoms. The molecule has 2 heterocycles. The molecule has 0 spiro atoms. The normalized spacial score (nSPS) is 18.2. The fourth-order valence-electron chi connectivity index (χ4n) is 2.69. The number of ether oxygens (including phenoxy) is 1. The van der Waals surface area contributed by atoms with Gasteiger partial charge in [0, 0.05) is 19.4 Å². The Labute approximate surface area is 117 Å². The third kappa shape index (κ3) is 2.36. The van der Waals surface area contributed by atoms with Crippen molar-refractivity contribution in [1.82, 2.24) is 9.97 Å². The van der Waals surface area contributed by atoms with Crippen molar-refractivity contribution >= 4 is 11.6 Å². The number of aromatic nitrogens is 2. The van der Waals surface area contributed by atoms with Crippen LogP contribution in [-0.4, -0.2) is 23.2 Å². The van der Waals surface area contributed by atoms with Gasteiger partial charge in [-0.05, 0) is 24.5 Å². The van der Waals surface area contributed by atoms with Crippen LogP contribution in [0.5, 0.6) is 0 Å². The van der Waals surface area contributed by atoms with Crippen LogP contribution in [0.4, 0.5) is 0 Å². The summed E-state index contributed by atoms with van der Waals surface area (Å²) in [6.45, 7) is 1.45. The van der Waals surface area contributed by atoms with E-state index in [-0.39, 0.29) is 5.41 Å². The standard InChI is InChI=1S/C15H15ClN2O/c16-13-6-9-17-14(18-13)15(7-10-19-11-8-15)12-4-2-1-3-5-12/h1-6,9H,7-8,10-11H2. The summed E-state index contributed by atoms with van der Waals surface area (Å²) in [4.78, 5) is 8.90. The minimum atomic E-state index is -0.176. The first-order valence-electron chi connectivity index (χ1n) is 6.44. The largest absolute Gasteiger partial charge is 0.381 e. The number of rotatable bonds is 2. The summed E-state index contributed by atoms with van der Waals surface area (Å²) >= 11 is 6.03. The Hall–Kier alpha value is -1.45. The number of halogens is 1. The Balaban J connectivity index is 2.12. The summed E-state index contributed by atoms with van der Waals surface area (Å²) in [6.07, 6.45) is 3.50. The zero-order valence-electron chi connectivity index (χ0n) is 10.6. The first-order chi connectivity index (χ1) is 9.31. The van der Waals surface area contributed by atoms with Crippen LogP contribution < -0.4 is 0 Å². The van der Waals surface area contributed by atoms with Gasteiger partial charge in [0.1, 0.15) is 11.0 Å². The molecule has 0 radical (unpaired) electrons. The fourth-order valence-corrected chi connectivity index (χ4v) is 2.82. The van der Waals surface area contributed by atoms with Crippen LogP contribution in [0.3, 0.4) is 0 Å². The van der Waals surface area contributed by atoms with Crippen molar-refractivity contribution < 1.29 is 4.74 Å². The van der Waals surface area contributed by atoms with Crippen molar-refractivity contribution in [3.8, 4) is 0 Å². The highest BCUT2D eigenvalue weighted by molar-refractivity contribution is 6.29. The lowest BCUT2D eigenvalue weighted by Gasteiger charge is -2.36. The van der Waals surface area contributed by atoms with Gasteiger partial charge in [-0.25, -0.2) is 9.97 Å². The maximum atomic E-state index is 6.03. The molecule has 0 bridgehead atoms. The lowest BCUT2D eigenvalue weighted by molar-refractivity contribution is 0.0604. The average Bonchev–Trinajstić information content (AvgIpc) is 2.49. The van der Waals surface area contributed by atoms with Crippen LogP contribution in [-0.2, 0) is 10.2 Å². The molecule has 98 valence electrons. The third-order valence-corrected chi connectivity index (χ3v) is 3.93. The molecule has 1 aromatic heterocycles. The van der Waals surface area contributed by atoms with E-state index in [1.54, 1.807) is 12.3 Å². The summed E-state index contributed by atoms with van der Waals surface area (Å²) < 4.78 is 5.51. The second kappa shape index (κ2) is 5.27. The van der Waals surface area contributed by atoms with Gasteiger partial charge in [0.25, 0.3) is 0 Å². The highest BCUT2D eigenvalue weighted by Gasteiger charge is 2.38. The first kappa shape index (κ1) is 12.6. The smallest absolute Gasteiger partial charge is 0.140 e. The molecule has 0 atom stereocenters. The predicted molar refractivity (Wildman–Crippen MR) is 74.3 cm³/mol. The monoisotopic (exact) mass is 274 g/mol. The van der Waals surface area contributed by atoms with Crippen molar-refractivity contribution in [2.24, 2.45) is 0 Å². The molecular formula is C15H15ClN2O. The van der Waals surface area contributed by atoms with Gasteiger partial charge in [-0.3, -0.25) is 0 Å². The van der Waals surface area contributed by atoms with Crippen LogP contribution >= 0.6 is 11.6 Å². The van der Waals surface area contributed by atoms with Crippen molar-refractivity contribution in [3.63, 3.8) is 0 Å². The zero-order chi connectivity index (χ0) is 13.1. The van der Waals surface area contributed by atoms with E-state index >= 15 is 0 Å². The molecule has 0 aliphatic carbocycles. The van der Waals surface area contributed by atoms with Gasteiger partial charge in [-0.2, -0.15) is 0 Å². The predicted octanol–water partition coefficient (Wildman–Crippen LogP) is 3.23. The Bertz CT molecular complexity index is 553.